The van der Waals surface area contributed by atoms with Gasteiger partial charge in [-0.25, -0.2) is 0 Å². The molecule has 0 atom stereocenters. The van der Waals surface area contributed by atoms with Crippen molar-refractivity contribution < 1.29 is 27.6 Å². The van der Waals surface area contributed by atoms with E-state index in [0.717, 1.165) is 34.4 Å². The van der Waals surface area contributed by atoms with E-state index in [2.05, 4.69) is 5.32 Å². The number of rotatable bonds is 6. The van der Waals surface area contributed by atoms with Crippen molar-refractivity contribution in [2.24, 2.45) is 0 Å². The van der Waals surface area contributed by atoms with Gasteiger partial charge in [0.05, 0.1) is 16.9 Å². The van der Waals surface area contributed by atoms with E-state index in [1.54, 1.807) is 6.08 Å². The van der Waals surface area contributed by atoms with E-state index in [1.807, 2.05) is 30.3 Å². The molecule has 3 rings (SSSR count). The lowest BCUT2D eigenvalue weighted by molar-refractivity contribution is -0.137. The fourth-order valence-corrected chi connectivity index (χ4v) is 3.63. The summed E-state index contributed by atoms with van der Waals surface area (Å²) in [5, 5.41) is 2.16. The Labute approximate surface area is 174 Å². The Kier molecular flexibility index (Phi) is 6.61. The van der Waals surface area contributed by atoms with Gasteiger partial charge in [-0.05, 0) is 41.1 Å². The molecule has 0 spiro atoms. The lowest BCUT2D eigenvalue weighted by Crippen LogP contribution is -2.37. The molecule has 1 aliphatic heterocycles. The van der Waals surface area contributed by atoms with E-state index < -0.39 is 28.8 Å². The molecule has 2 aromatic rings. The molecule has 3 amide bonds. The molecule has 0 aromatic heterocycles. The maximum absolute atomic E-state index is 12.6. The second kappa shape index (κ2) is 9.17. The van der Waals surface area contributed by atoms with Gasteiger partial charge in [0.2, 0.25) is 5.91 Å². The monoisotopic (exact) mass is 434 g/mol. The number of imide groups is 1. The number of alkyl halides is 3. The van der Waals surface area contributed by atoms with Crippen molar-refractivity contribution in [3.05, 3.63) is 76.2 Å². The molecule has 2 aromatic carbocycles. The third-order valence-electron chi connectivity index (χ3n) is 4.27. The molecule has 0 bridgehead atoms. The van der Waals surface area contributed by atoms with Crippen LogP contribution in [-0.2, 0) is 22.2 Å². The van der Waals surface area contributed by atoms with Gasteiger partial charge in [-0.2, -0.15) is 13.2 Å². The summed E-state index contributed by atoms with van der Waals surface area (Å²) >= 11 is 0.835. The molecule has 0 aliphatic carbocycles. The Hall–Kier alpha value is -3.07. The van der Waals surface area contributed by atoms with Gasteiger partial charge in [0.15, 0.2) is 0 Å². The fourth-order valence-electron chi connectivity index (χ4n) is 2.76. The second-order valence-electron chi connectivity index (χ2n) is 6.47. The maximum Gasteiger partial charge on any atom is 0.416 e. The molecule has 1 heterocycles. The maximum atomic E-state index is 12.6. The number of nitrogens with zero attached hydrogens (tertiary/aromatic N) is 1. The number of benzene rings is 2. The Morgan fingerprint density at radius 2 is 1.70 bits per heavy atom. The van der Waals surface area contributed by atoms with Crippen LogP contribution in [0.5, 0.6) is 0 Å². The zero-order valence-electron chi connectivity index (χ0n) is 15.6. The summed E-state index contributed by atoms with van der Waals surface area (Å²) in [6.07, 6.45) is -2.90. The first-order valence-corrected chi connectivity index (χ1v) is 9.79. The summed E-state index contributed by atoms with van der Waals surface area (Å²) in [6, 6.07) is 13.4. The molecule has 156 valence electrons. The molecule has 0 radical (unpaired) electrons. The fraction of sp³-hybridized carbons (Fsp3) is 0.190. The third-order valence-corrected chi connectivity index (χ3v) is 5.18. The number of carbonyl (C=O) groups is 3. The average Bonchev–Trinajstić information content (AvgIpc) is 2.96. The summed E-state index contributed by atoms with van der Waals surface area (Å²) < 4.78 is 37.7. The SMILES string of the molecule is O=C(Cc1ccc(C(F)(F)F)cc1)NCCN1C(=O)S/C(=C\c2ccccc2)C1=O. The Morgan fingerprint density at radius 3 is 2.33 bits per heavy atom. The van der Waals surface area contributed by atoms with Crippen LogP contribution in [0.25, 0.3) is 6.08 Å². The summed E-state index contributed by atoms with van der Waals surface area (Å²) in [7, 11) is 0. The van der Waals surface area contributed by atoms with E-state index in [4.69, 9.17) is 0 Å². The van der Waals surface area contributed by atoms with Crippen molar-refractivity contribution in [1.29, 1.82) is 0 Å². The van der Waals surface area contributed by atoms with Gasteiger partial charge in [0.25, 0.3) is 11.1 Å². The number of halogens is 3. The van der Waals surface area contributed by atoms with Crippen LogP contribution < -0.4 is 5.32 Å². The van der Waals surface area contributed by atoms with Crippen LogP contribution in [-0.4, -0.2) is 35.0 Å². The van der Waals surface area contributed by atoms with E-state index in [0.29, 0.717) is 10.5 Å². The Morgan fingerprint density at radius 1 is 1.03 bits per heavy atom. The van der Waals surface area contributed by atoms with E-state index in [1.165, 1.54) is 12.1 Å². The Balaban J connectivity index is 1.50. The van der Waals surface area contributed by atoms with Gasteiger partial charge in [-0.1, -0.05) is 42.5 Å². The highest BCUT2D eigenvalue weighted by molar-refractivity contribution is 8.18. The quantitative estimate of drug-likeness (QED) is 0.696. The van der Waals surface area contributed by atoms with Crippen LogP contribution in [0.4, 0.5) is 18.0 Å². The molecule has 30 heavy (non-hydrogen) atoms. The summed E-state index contributed by atoms with van der Waals surface area (Å²) in [5.74, 6) is -0.840. The highest BCUT2D eigenvalue weighted by Crippen LogP contribution is 2.32. The first-order valence-electron chi connectivity index (χ1n) is 8.97. The van der Waals surface area contributed by atoms with Gasteiger partial charge < -0.3 is 5.32 Å². The number of nitrogens with one attached hydrogen (secondary N) is 1. The minimum Gasteiger partial charge on any atom is -0.354 e. The van der Waals surface area contributed by atoms with E-state index in [9.17, 15) is 27.6 Å². The van der Waals surface area contributed by atoms with Crippen molar-refractivity contribution in [3.8, 4) is 0 Å². The van der Waals surface area contributed by atoms with Crippen molar-refractivity contribution in [2.45, 2.75) is 12.6 Å². The molecule has 1 saturated heterocycles. The summed E-state index contributed by atoms with van der Waals surface area (Å²) in [4.78, 5) is 37.9. The lowest BCUT2D eigenvalue weighted by atomic mass is 10.1. The highest BCUT2D eigenvalue weighted by atomic mass is 32.2. The van der Waals surface area contributed by atoms with Crippen LogP contribution >= 0.6 is 11.8 Å². The molecule has 1 aliphatic rings. The largest absolute Gasteiger partial charge is 0.416 e. The number of hydrogen-bond acceptors (Lipinski definition) is 4. The average molecular weight is 434 g/mol. The van der Waals surface area contributed by atoms with Crippen LogP contribution in [0.2, 0.25) is 0 Å². The predicted octanol–water partition coefficient (Wildman–Crippen LogP) is 4.10. The minimum atomic E-state index is -4.43. The van der Waals surface area contributed by atoms with Crippen LogP contribution in [0.15, 0.2) is 59.5 Å². The van der Waals surface area contributed by atoms with Crippen molar-refractivity contribution in [1.82, 2.24) is 10.2 Å². The summed E-state index contributed by atoms with van der Waals surface area (Å²) in [5.41, 5.74) is 0.444. The standard InChI is InChI=1S/C21H17F3N2O3S/c22-21(23,24)16-8-6-15(7-9-16)13-18(27)25-10-11-26-19(28)17(30-20(26)29)12-14-4-2-1-3-5-14/h1-9,12H,10-11,13H2,(H,25,27)/b17-12-. The molecule has 1 fully saturated rings. The first-order chi connectivity index (χ1) is 14.2. The smallest absolute Gasteiger partial charge is 0.354 e. The molecule has 0 saturated carbocycles. The number of hydrogen-bond donors (Lipinski definition) is 1. The van der Waals surface area contributed by atoms with Crippen LogP contribution in [0.1, 0.15) is 16.7 Å². The molecule has 5 nitrogen and oxygen atoms in total. The molecule has 1 N–H and O–H groups in total. The second-order valence-corrected chi connectivity index (χ2v) is 7.46. The number of carbonyl (C=O) groups excluding carboxylic acids is 3. The van der Waals surface area contributed by atoms with Gasteiger partial charge in [-0.15, -0.1) is 0 Å². The van der Waals surface area contributed by atoms with Crippen LogP contribution in [0.3, 0.4) is 0 Å². The topological polar surface area (TPSA) is 66.5 Å². The van der Waals surface area contributed by atoms with E-state index in [-0.39, 0.29) is 19.5 Å². The summed E-state index contributed by atoms with van der Waals surface area (Å²) in [6.45, 7) is 0.0612. The zero-order valence-corrected chi connectivity index (χ0v) is 16.4. The highest BCUT2D eigenvalue weighted by Gasteiger charge is 2.34. The Bertz CT molecular complexity index is 973. The van der Waals surface area contributed by atoms with Gasteiger partial charge in [0.1, 0.15) is 0 Å². The van der Waals surface area contributed by atoms with E-state index >= 15 is 0 Å². The molecular weight excluding hydrogens is 417 g/mol. The normalized spacial score (nSPS) is 15.7. The van der Waals surface area contributed by atoms with Gasteiger partial charge >= 0.3 is 6.18 Å². The van der Waals surface area contributed by atoms with Crippen molar-refractivity contribution in [2.75, 3.05) is 13.1 Å². The van der Waals surface area contributed by atoms with Crippen molar-refractivity contribution in [3.63, 3.8) is 0 Å². The zero-order chi connectivity index (χ0) is 21.7. The molecule has 9 heteroatoms. The van der Waals surface area contributed by atoms with Crippen LogP contribution in [0, 0.1) is 0 Å². The molecular formula is C21H17F3N2O3S. The lowest BCUT2D eigenvalue weighted by Gasteiger charge is -2.13. The first kappa shape index (κ1) is 21.6. The third kappa shape index (κ3) is 5.50. The van der Waals surface area contributed by atoms with Crippen molar-refractivity contribution >= 4 is 34.9 Å². The molecule has 0 unspecified atom stereocenters. The number of amides is 3. The van der Waals surface area contributed by atoms with Gasteiger partial charge in [-0.3, -0.25) is 19.3 Å². The minimum absolute atomic E-state index is 0.00947. The van der Waals surface area contributed by atoms with Gasteiger partial charge in [0, 0.05) is 13.1 Å². The number of thioether (sulfide) groups is 1. The predicted molar refractivity (Wildman–Crippen MR) is 107 cm³/mol.